The van der Waals surface area contributed by atoms with Gasteiger partial charge >= 0.3 is 6.09 Å². The van der Waals surface area contributed by atoms with Crippen LogP contribution in [0.25, 0.3) is 5.65 Å². The van der Waals surface area contributed by atoms with Gasteiger partial charge in [0.1, 0.15) is 28.9 Å². The maximum Gasteiger partial charge on any atom is 0.407 e. The maximum absolute atomic E-state index is 14.9. The van der Waals surface area contributed by atoms with Crippen LogP contribution in [-0.2, 0) is 14.3 Å². The number of allylic oxidation sites excluding steroid dienone is 1. The van der Waals surface area contributed by atoms with Crippen molar-refractivity contribution in [1.29, 1.82) is 0 Å². The number of alkyl carbamates (subject to hydrolysis) is 1. The summed E-state index contributed by atoms with van der Waals surface area (Å²) in [5.41, 5.74) is 1.34. The van der Waals surface area contributed by atoms with Gasteiger partial charge in [0, 0.05) is 60.8 Å². The Labute approximate surface area is 388 Å². The number of hydrazone groups is 1. The van der Waals surface area contributed by atoms with E-state index in [1.54, 1.807) is 37.9 Å². The number of carbonyl (C=O) groups is 4. The second kappa shape index (κ2) is 19.0. The lowest BCUT2D eigenvalue weighted by Gasteiger charge is -2.55. The number of alkyl halides is 3. The number of fused-ring (bicyclic) bond motifs is 1. The van der Waals surface area contributed by atoms with Crippen LogP contribution in [-0.4, -0.2) is 130 Å². The van der Waals surface area contributed by atoms with Crippen LogP contribution in [0.4, 0.5) is 29.5 Å². The molecule has 2 aromatic heterocycles. The molecular weight excluding hydrogens is 868 g/mol. The van der Waals surface area contributed by atoms with E-state index < -0.39 is 42.0 Å². The highest BCUT2D eigenvalue weighted by Gasteiger charge is 2.45. The lowest BCUT2D eigenvalue weighted by molar-refractivity contribution is -0.456. The second-order valence-corrected chi connectivity index (χ2v) is 20.4. The largest absolute Gasteiger partial charge is 0.444 e. The monoisotopic (exact) mass is 928 g/mol. The number of rotatable bonds is 11. The summed E-state index contributed by atoms with van der Waals surface area (Å²) < 4.78 is 51.7. The summed E-state index contributed by atoms with van der Waals surface area (Å²) in [6, 6.07) is 9.36. The second-order valence-electron chi connectivity index (χ2n) is 20.4. The minimum atomic E-state index is -2.93. The molecule has 67 heavy (non-hydrogen) atoms. The number of piperidine rings is 3. The average molecular weight is 929 g/mol. The van der Waals surface area contributed by atoms with E-state index >= 15 is 0 Å². The molecule has 9 rings (SSSR count). The molecule has 1 saturated carbocycles. The smallest absolute Gasteiger partial charge is 0.407 e. The number of hydrogen-bond acceptors (Lipinski definition) is 11. The van der Waals surface area contributed by atoms with Gasteiger partial charge in [-0.25, -0.2) is 27.5 Å². The third-order valence-electron chi connectivity index (χ3n) is 14.2. The molecule has 1 aromatic carbocycles. The van der Waals surface area contributed by atoms with Crippen LogP contribution in [0.1, 0.15) is 107 Å². The third kappa shape index (κ3) is 10.8. The van der Waals surface area contributed by atoms with Gasteiger partial charge in [0.05, 0.1) is 24.7 Å². The molecule has 16 nitrogen and oxygen atoms in total. The standard InChI is InChI=1S/C48H60F3N11O5/c1-47(2,3)67-46(66)53-34-22-33(49)25-59(26-34)39-15-19-62-43(55-39)37(23-52-62)45(65)54-38-27-61(57-41(38)42(50)51)24-31-6-4-30(5-7-31)14-18-58-20-16-48(17-21-58)28-60(29-48)35-10-8-32(9-11-35)36-12-13-40(63)56-44(36)64/h8-11,15,19,23-24,27,30-31,33-34,36,42H,4-7,12-14,16-18,20-22,25-26,28-29H2,1-3H3,(H2-,53,54,56,63,64,65,66)/p+1/b61-24-/t30?,31?,33-,34-,36?/m1/s1. The Balaban J connectivity index is 0.731. The van der Waals surface area contributed by atoms with Gasteiger partial charge in [0.2, 0.25) is 23.7 Å². The first kappa shape index (κ1) is 46.3. The average Bonchev–Trinajstić information content (AvgIpc) is 3.88. The fourth-order valence-electron chi connectivity index (χ4n) is 10.6. The number of ether oxygens (including phenoxy) is 1. The SMILES string of the molecule is CC(C)(C)OC(=O)N[C@@H]1C[C@@H](F)CN(c2ccn3ncc(C(=O)NC4=C/[N+](=C/C5CCC(CCN6CCC7(CC6)CN(c6ccc(C8CCC(=O)NC8=O)cc6)C7)CC5)N=C4C(F)F)c3n2)C1. The summed E-state index contributed by atoms with van der Waals surface area (Å²) in [4.78, 5) is 61.2. The van der Waals surface area contributed by atoms with Crippen LogP contribution >= 0.6 is 0 Å². The number of nitrogens with one attached hydrogen (secondary N) is 3. The van der Waals surface area contributed by atoms with E-state index in [1.807, 2.05) is 18.3 Å². The molecule has 6 aliphatic rings. The highest BCUT2D eigenvalue weighted by molar-refractivity contribution is 6.09. The predicted octanol–water partition coefficient (Wildman–Crippen LogP) is 5.78. The van der Waals surface area contributed by atoms with Crippen molar-refractivity contribution >= 4 is 52.9 Å². The molecule has 4 amide bonds. The van der Waals surface area contributed by atoms with Gasteiger partial charge in [0.25, 0.3) is 12.3 Å². The molecule has 1 aliphatic carbocycles. The van der Waals surface area contributed by atoms with Crippen LogP contribution in [0, 0.1) is 17.3 Å². The van der Waals surface area contributed by atoms with Crippen LogP contribution in [0.3, 0.4) is 0 Å². The number of nitrogens with zero attached hydrogens (tertiary/aromatic N) is 8. The zero-order valence-electron chi connectivity index (χ0n) is 38.4. The van der Waals surface area contributed by atoms with E-state index in [0.29, 0.717) is 30.0 Å². The van der Waals surface area contributed by atoms with E-state index in [-0.39, 0.29) is 60.1 Å². The fraction of sp³-hybridized carbons (Fsp3) is 0.583. The summed E-state index contributed by atoms with van der Waals surface area (Å²) >= 11 is 0. The van der Waals surface area contributed by atoms with Gasteiger partial charge in [-0.3, -0.25) is 19.7 Å². The lowest BCUT2D eigenvalue weighted by atomic mass is 9.71. The molecule has 1 spiro atoms. The van der Waals surface area contributed by atoms with Crippen molar-refractivity contribution in [2.75, 3.05) is 55.6 Å². The van der Waals surface area contributed by atoms with Crippen molar-refractivity contribution < 1.29 is 41.8 Å². The van der Waals surface area contributed by atoms with Crippen LogP contribution in [0.5, 0.6) is 0 Å². The van der Waals surface area contributed by atoms with Gasteiger partial charge in [-0.2, -0.15) is 5.10 Å². The van der Waals surface area contributed by atoms with Gasteiger partial charge < -0.3 is 30.1 Å². The Morgan fingerprint density at radius 1 is 1.01 bits per heavy atom. The van der Waals surface area contributed by atoms with E-state index in [4.69, 9.17) is 4.74 Å². The number of amides is 4. The zero-order chi connectivity index (χ0) is 47.0. The summed E-state index contributed by atoms with van der Waals surface area (Å²) in [5, 5.41) is 16.2. The van der Waals surface area contributed by atoms with E-state index in [2.05, 4.69) is 53.1 Å². The number of likely N-dealkylation sites (tertiary alicyclic amines) is 1. The molecule has 3 atom stereocenters. The first-order valence-electron chi connectivity index (χ1n) is 23.7. The molecule has 5 fully saturated rings. The Bertz CT molecular complexity index is 2440. The van der Waals surface area contributed by atoms with Crippen molar-refractivity contribution in [3.63, 3.8) is 0 Å². The first-order chi connectivity index (χ1) is 32.0. The molecule has 358 valence electrons. The van der Waals surface area contributed by atoms with Crippen molar-refractivity contribution in [3.8, 4) is 0 Å². The van der Waals surface area contributed by atoms with Crippen LogP contribution in [0.2, 0.25) is 0 Å². The van der Waals surface area contributed by atoms with E-state index in [1.165, 1.54) is 40.1 Å². The lowest BCUT2D eigenvalue weighted by Crippen LogP contribution is -2.60. The van der Waals surface area contributed by atoms with E-state index in [0.717, 1.165) is 70.4 Å². The van der Waals surface area contributed by atoms with Crippen LogP contribution < -0.4 is 25.8 Å². The highest BCUT2D eigenvalue weighted by Crippen LogP contribution is 2.43. The number of carbonyl (C=O) groups excluding carboxylic acids is 4. The summed E-state index contributed by atoms with van der Waals surface area (Å²) in [6.45, 7) is 10.9. The highest BCUT2D eigenvalue weighted by atomic mass is 19.3. The number of benzene rings is 1. The van der Waals surface area contributed by atoms with Gasteiger partial charge in [0.15, 0.2) is 11.9 Å². The topological polar surface area (TPSA) is 169 Å². The van der Waals surface area contributed by atoms with Gasteiger partial charge in [-0.1, -0.05) is 16.8 Å². The number of halogens is 3. The van der Waals surface area contributed by atoms with Crippen molar-refractivity contribution in [2.24, 2.45) is 22.4 Å². The molecule has 0 bridgehead atoms. The minimum Gasteiger partial charge on any atom is -0.444 e. The molecule has 1 unspecified atom stereocenters. The number of anilines is 2. The summed E-state index contributed by atoms with van der Waals surface area (Å²) in [5.74, 6) is -0.227. The Morgan fingerprint density at radius 3 is 2.46 bits per heavy atom. The number of imide groups is 1. The first-order valence-corrected chi connectivity index (χ1v) is 23.7. The number of aromatic nitrogens is 3. The van der Waals surface area contributed by atoms with Crippen LogP contribution in [0.15, 0.2) is 59.7 Å². The molecule has 7 heterocycles. The zero-order valence-corrected chi connectivity index (χ0v) is 38.4. The Hall–Kier alpha value is -5.85. The Kier molecular flexibility index (Phi) is 13.1. The Morgan fingerprint density at radius 2 is 1.76 bits per heavy atom. The van der Waals surface area contributed by atoms with Crippen molar-refractivity contribution in [2.45, 2.75) is 115 Å². The van der Waals surface area contributed by atoms with Gasteiger partial charge in [-0.15, -0.1) is 0 Å². The number of hydrogen-bond donors (Lipinski definition) is 3. The minimum absolute atomic E-state index is 0.0251. The normalized spacial score (nSPS) is 26.4. The molecule has 3 aromatic rings. The quantitative estimate of drug-likeness (QED) is 0.159. The summed E-state index contributed by atoms with van der Waals surface area (Å²) in [6.07, 6.45) is 9.87. The molecule has 0 radical (unpaired) electrons. The predicted molar refractivity (Wildman–Crippen MR) is 245 cm³/mol. The van der Waals surface area contributed by atoms with Crippen molar-refractivity contribution in [1.82, 2.24) is 35.4 Å². The van der Waals surface area contributed by atoms with Gasteiger partial charge in [-0.05, 0) is 121 Å². The maximum atomic E-state index is 14.9. The molecular formula is C48H61F3N11O5+. The molecule has 3 N–H and O–H groups in total. The molecule has 4 saturated heterocycles. The van der Waals surface area contributed by atoms with E-state index in [9.17, 15) is 32.3 Å². The molecule has 19 heteroatoms. The van der Waals surface area contributed by atoms with Crippen molar-refractivity contribution in [3.05, 3.63) is 65.7 Å². The summed E-state index contributed by atoms with van der Waals surface area (Å²) in [7, 11) is 0. The third-order valence-corrected chi connectivity index (χ3v) is 14.2. The molecule has 5 aliphatic heterocycles. The fourth-order valence-corrected chi connectivity index (χ4v) is 10.6.